The van der Waals surface area contributed by atoms with Gasteiger partial charge in [0.2, 0.25) is 0 Å². The molecule has 1 heterocycles. The molecule has 0 bridgehead atoms. The van der Waals surface area contributed by atoms with Gasteiger partial charge in [-0.15, -0.1) is 0 Å². The largest absolute Gasteiger partial charge is 0.294 e. The van der Waals surface area contributed by atoms with Crippen LogP contribution in [0.3, 0.4) is 0 Å². The second-order valence-corrected chi connectivity index (χ2v) is 5.22. The van der Waals surface area contributed by atoms with Crippen LogP contribution in [-0.2, 0) is 4.79 Å². The van der Waals surface area contributed by atoms with Gasteiger partial charge in [-0.1, -0.05) is 12.1 Å². The van der Waals surface area contributed by atoms with E-state index >= 15 is 0 Å². The smallest absolute Gasteiger partial charge is 0.252 e. The van der Waals surface area contributed by atoms with E-state index in [1.165, 1.54) is 18.2 Å². The third-order valence-corrected chi connectivity index (χ3v) is 3.33. The summed E-state index contributed by atoms with van der Waals surface area (Å²) in [6, 6.07) is 9.57. The molecule has 0 unspecified atom stereocenters. The fourth-order valence-electron chi connectivity index (χ4n) is 1.79. The van der Waals surface area contributed by atoms with Crippen LogP contribution < -0.4 is 4.90 Å². The van der Waals surface area contributed by atoms with Crippen molar-refractivity contribution in [2.45, 2.75) is 6.92 Å². The van der Waals surface area contributed by atoms with Crippen molar-refractivity contribution in [2.75, 3.05) is 11.4 Å². The zero-order chi connectivity index (χ0) is 15.2. The molecule has 2 rings (SSSR count). The Balaban J connectivity index is 2.13. The summed E-state index contributed by atoms with van der Waals surface area (Å²) in [5, 5.41) is 0. The van der Waals surface area contributed by atoms with E-state index in [1.807, 2.05) is 13.0 Å². The van der Waals surface area contributed by atoms with Crippen LogP contribution in [0.5, 0.6) is 0 Å². The fraction of sp³-hybridized carbons (Fsp3) is 0.125. The van der Waals surface area contributed by atoms with Crippen molar-refractivity contribution in [3.05, 3.63) is 64.5 Å². The molecule has 0 saturated carbocycles. The maximum atomic E-state index is 12.8. The number of pyridine rings is 1. The van der Waals surface area contributed by atoms with Gasteiger partial charge in [-0.25, -0.2) is 9.37 Å². The van der Waals surface area contributed by atoms with Crippen LogP contribution in [0.4, 0.5) is 10.2 Å². The van der Waals surface area contributed by atoms with Gasteiger partial charge >= 0.3 is 0 Å². The van der Waals surface area contributed by atoms with Crippen LogP contribution in [0.15, 0.2) is 53.1 Å². The van der Waals surface area contributed by atoms with E-state index in [0.29, 0.717) is 12.4 Å². The summed E-state index contributed by atoms with van der Waals surface area (Å²) in [7, 11) is 0. The monoisotopic (exact) mass is 348 g/mol. The fourth-order valence-corrected chi connectivity index (χ4v) is 2.02. The molecule has 21 heavy (non-hydrogen) atoms. The number of amides is 1. The third-order valence-electron chi connectivity index (χ3n) is 2.86. The lowest BCUT2D eigenvalue weighted by atomic mass is 10.2. The molecule has 0 atom stereocenters. The molecule has 1 aromatic heterocycles. The van der Waals surface area contributed by atoms with Crippen LogP contribution in [-0.4, -0.2) is 17.4 Å². The molecule has 0 aliphatic rings. The molecule has 0 N–H and O–H groups in total. The molecule has 0 aliphatic carbocycles. The van der Waals surface area contributed by atoms with Gasteiger partial charge in [-0.05, 0) is 58.8 Å². The maximum Gasteiger partial charge on any atom is 0.252 e. The lowest BCUT2D eigenvalue weighted by Gasteiger charge is -2.17. The molecule has 0 radical (unpaired) electrons. The van der Waals surface area contributed by atoms with Gasteiger partial charge < -0.3 is 0 Å². The van der Waals surface area contributed by atoms with Crippen LogP contribution in [0.1, 0.15) is 12.5 Å². The number of anilines is 1. The van der Waals surface area contributed by atoms with Crippen molar-refractivity contribution in [3.63, 3.8) is 0 Å². The highest BCUT2D eigenvalue weighted by Crippen LogP contribution is 2.15. The summed E-state index contributed by atoms with van der Waals surface area (Å²) in [6.45, 7) is 2.40. The van der Waals surface area contributed by atoms with Crippen molar-refractivity contribution < 1.29 is 9.18 Å². The molecule has 3 nitrogen and oxygen atoms in total. The lowest BCUT2D eigenvalue weighted by molar-refractivity contribution is -0.114. The molecular formula is C16H14BrFN2O. The molecule has 1 amide bonds. The number of hydrogen-bond donors (Lipinski definition) is 0. The molecule has 0 saturated heterocycles. The number of carbonyl (C=O) groups is 1. The van der Waals surface area contributed by atoms with Crippen molar-refractivity contribution in [1.29, 1.82) is 0 Å². The summed E-state index contributed by atoms with van der Waals surface area (Å²) in [6.07, 6.45) is 4.76. The first-order valence-electron chi connectivity index (χ1n) is 6.47. The summed E-state index contributed by atoms with van der Waals surface area (Å²) in [5.74, 6) is 0.124. The van der Waals surface area contributed by atoms with E-state index in [4.69, 9.17) is 0 Å². The first kappa shape index (κ1) is 15.4. The van der Waals surface area contributed by atoms with E-state index < -0.39 is 0 Å². The second kappa shape index (κ2) is 7.13. The van der Waals surface area contributed by atoms with Crippen LogP contribution in [0.2, 0.25) is 0 Å². The molecular weight excluding hydrogens is 335 g/mol. The zero-order valence-electron chi connectivity index (χ0n) is 11.5. The number of benzene rings is 1. The Morgan fingerprint density at radius 2 is 2.00 bits per heavy atom. The van der Waals surface area contributed by atoms with E-state index in [9.17, 15) is 9.18 Å². The van der Waals surface area contributed by atoms with Crippen LogP contribution >= 0.6 is 15.9 Å². The second-order valence-electron chi connectivity index (χ2n) is 4.30. The minimum Gasteiger partial charge on any atom is -0.294 e. The van der Waals surface area contributed by atoms with Crippen molar-refractivity contribution in [1.82, 2.24) is 4.98 Å². The quantitative estimate of drug-likeness (QED) is 0.781. The predicted octanol–water partition coefficient (Wildman–Crippen LogP) is 4.05. The van der Waals surface area contributed by atoms with Crippen LogP contribution in [0.25, 0.3) is 6.08 Å². The molecule has 0 spiro atoms. The number of aromatic nitrogens is 1. The van der Waals surface area contributed by atoms with Gasteiger partial charge in [0, 0.05) is 23.3 Å². The summed E-state index contributed by atoms with van der Waals surface area (Å²) < 4.78 is 13.7. The van der Waals surface area contributed by atoms with E-state index in [0.717, 1.165) is 10.0 Å². The zero-order valence-corrected chi connectivity index (χ0v) is 13.0. The van der Waals surface area contributed by atoms with Gasteiger partial charge in [0.1, 0.15) is 11.6 Å². The van der Waals surface area contributed by atoms with Crippen LogP contribution in [0, 0.1) is 5.82 Å². The number of halogens is 2. The molecule has 2 aromatic rings. The minimum absolute atomic E-state index is 0.170. The number of likely N-dealkylation sites (N-methyl/N-ethyl adjacent to an activating group) is 1. The summed E-state index contributed by atoms with van der Waals surface area (Å²) >= 11 is 3.31. The number of nitrogens with zero attached hydrogens (tertiary/aromatic N) is 2. The third kappa shape index (κ3) is 4.23. The SMILES string of the molecule is CCN(C(=O)/C=C/c1ccc(F)cc1)c1ccc(Br)cn1. The minimum atomic E-state index is -0.298. The standard InChI is InChI=1S/C16H14BrFN2O/c1-2-20(15-9-6-13(17)11-19-15)16(21)10-5-12-3-7-14(18)8-4-12/h3-11H,2H2,1H3/b10-5+. The van der Waals surface area contributed by atoms with Gasteiger partial charge in [0.05, 0.1) is 0 Å². The molecule has 0 fully saturated rings. The van der Waals surface area contributed by atoms with Gasteiger partial charge in [-0.2, -0.15) is 0 Å². The molecule has 0 aliphatic heterocycles. The normalized spacial score (nSPS) is 10.8. The first-order valence-corrected chi connectivity index (χ1v) is 7.26. The number of carbonyl (C=O) groups excluding carboxylic acids is 1. The number of hydrogen-bond acceptors (Lipinski definition) is 2. The topological polar surface area (TPSA) is 33.2 Å². The Kier molecular flexibility index (Phi) is 5.22. The Morgan fingerprint density at radius 3 is 2.57 bits per heavy atom. The maximum absolute atomic E-state index is 12.8. The Morgan fingerprint density at radius 1 is 1.29 bits per heavy atom. The Labute approximate surface area is 131 Å². The van der Waals surface area contributed by atoms with Crippen molar-refractivity contribution >= 4 is 33.7 Å². The predicted molar refractivity (Wildman–Crippen MR) is 85.4 cm³/mol. The average Bonchev–Trinajstić information content (AvgIpc) is 2.49. The van der Waals surface area contributed by atoms with Gasteiger partial charge in [-0.3, -0.25) is 9.69 Å². The van der Waals surface area contributed by atoms with Crippen molar-refractivity contribution in [2.24, 2.45) is 0 Å². The van der Waals surface area contributed by atoms with Crippen molar-refractivity contribution in [3.8, 4) is 0 Å². The molecule has 108 valence electrons. The first-order chi connectivity index (χ1) is 10.1. The van der Waals surface area contributed by atoms with E-state index in [-0.39, 0.29) is 11.7 Å². The summed E-state index contributed by atoms with van der Waals surface area (Å²) in [4.78, 5) is 18.0. The van der Waals surface area contributed by atoms with Gasteiger partial charge in [0.15, 0.2) is 0 Å². The molecule has 5 heteroatoms. The molecule has 1 aromatic carbocycles. The average molecular weight is 349 g/mol. The van der Waals surface area contributed by atoms with E-state index in [2.05, 4.69) is 20.9 Å². The lowest BCUT2D eigenvalue weighted by Crippen LogP contribution is -2.29. The highest BCUT2D eigenvalue weighted by Gasteiger charge is 2.11. The highest BCUT2D eigenvalue weighted by molar-refractivity contribution is 9.10. The Bertz CT molecular complexity index is 638. The number of rotatable bonds is 4. The Hall–Kier alpha value is -2.01. The summed E-state index contributed by atoms with van der Waals surface area (Å²) in [5.41, 5.74) is 0.768. The highest BCUT2D eigenvalue weighted by atomic mass is 79.9. The van der Waals surface area contributed by atoms with E-state index in [1.54, 1.807) is 35.4 Å². The van der Waals surface area contributed by atoms with Gasteiger partial charge in [0.25, 0.3) is 5.91 Å².